The lowest BCUT2D eigenvalue weighted by Gasteiger charge is -2.40. The van der Waals surface area contributed by atoms with Gasteiger partial charge in [0.2, 0.25) is 0 Å². The molecule has 0 N–H and O–H groups in total. The van der Waals surface area contributed by atoms with Crippen molar-refractivity contribution in [1.29, 1.82) is 0 Å². The molecule has 344 valence electrons. The summed E-state index contributed by atoms with van der Waals surface area (Å²) in [5.41, 5.74) is 15.4. The van der Waals surface area contributed by atoms with Crippen LogP contribution in [-0.4, -0.2) is 4.57 Å². The zero-order valence-corrected chi connectivity index (χ0v) is 39.4. The Hall–Kier alpha value is -9.78. The topological polar surface area (TPSA) is 39.1 Å². The van der Waals surface area contributed by atoms with Crippen LogP contribution in [0.5, 0.6) is 34.5 Å². The fourth-order valence-corrected chi connectivity index (χ4v) is 11.9. The van der Waals surface area contributed by atoms with Crippen LogP contribution in [-0.2, 0) is 5.41 Å². The molecule has 6 nitrogen and oxygen atoms in total. The third-order valence-electron chi connectivity index (χ3n) is 14.9. The summed E-state index contributed by atoms with van der Waals surface area (Å²) in [6.07, 6.45) is 0. The zero-order chi connectivity index (χ0) is 48.0. The minimum atomic E-state index is -0.730. The number of ether oxygens (including phenoxy) is 3. The molecule has 73 heavy (non-hydrogen) atoms. The van der Waals surface area contributed by atoms with Crippen molar-refractivity contribution in [3.05, 3.63) is 283 Å². The number of hydrogen-bond donors (Lipinski definition) is 0. The van der Waals surface area contributed by atoms with Gasteiger partial charge in [-0.25, -0.2) is 0 Å². The van der Waals surface area contributed by atoms with Gasteiger partial charge in [0, 0.05) is 62.5 Å². The SMILES string of the molecule is c1ccc(N(c2ccc3c(c2)Oc2ccccc2O3)c2ccc3c(c2)Oc2c(ccc4c5cccc(N(c6ccccc6)c6ccccc6)c5n(-c5ccccc5)c24)C32c3ccccc3-c3ccccc32)cc1. The van der Waals surface area contributed by atoms with Crippen LogP contribution in [0.3, 0.4) is 0 Å². The Morgan fingerprint density at radius 2 is 0.795 bits per heavy atom. The number of hydrogen-bond acceptors (Lipinski definition) is 5. The minimum Gasteiger partial charge on any atom is -0.454 e. The van der Waals surface area contributed by atoms with Gasteiger partial charge in [-0.15, -0.1) is 0 Å². The predicted molar refractivity (Wildman–Crippen MR) is 294 cm³/mol. The van der Waals surface area contributed by atoms with Gasteiger partial charge < -0.3 is 28.6 Å². The molecular formula is C67H43N3O3. The Morgan fingerprint density at radius 1 is 0.301 bits per heavy atom. The molecule has 0 fully saturated rings. The van der Waals surface area contributed by atoms with Gasteiger partial charge in [0.25, 0.3) is 0 Å². The fourth-order valence-electron chi connectivity index (χ4n) is 11.9. The number of aromatic nitrogens is 1. The number of para-hydroxylation sites is 7. The van der Waals surface area contributed by atoms with Crippen molar-refractivity contribution >= 4 is 55.9 Å². The molecular weight excluding hydrogens is 895 g/mol. The molecule has 0 radical (unpaired) electrons. The summed E-state index contributed by atoms with van der Waals surface area (Å²) >= 11 is 0. The Balaban J connectivity index is 1.02. The number of anilines is 6. The van der Waals surface area contributed by atoms with Crippen molar-refractivity contribution in [3.63, 3.8) is 0 Å². The van der Waals surface area contributed by atoms with E-state index in [-0.39, 0.29) is 0 Å². The molecule has 15 rings (SSSR count). The van der Waals surface area contributed by atoms with Gasteiger partial charge in [0.15, 0.2) is 28.7 Å². The summed E-state index contributed by atoms with van der Waals surface area (Å²) in [6.45, 7) is 0. The molecule has 3 aliphatic rings. The Bertz CT molecular complexity index is 4050. The highest BCUT2D eigenvalue weighted by molar-refractivity contribution is 6.17. The highest BCUT2D eigenvalue weighted by Gasteiger charge is 2.52. The molecule has 0 unspecified atom stereocenters. The second-order valence-electron chi connectivity index (χ2n) is 18.8. The van der Waals surface area contributed by atoms with Crippen LogP contribution in [0.2, 0.25) is 0 Å². The maximum absolute atomic E-state index is 7.76. The molecule has 0 atom stereocenters. The summed E-state index contributed by atoms with van der Waals surface area (Å²) in [6, 6.07) is 92.5. The predicted octanol–water partition coefficient (Wildman–Crippen LogP) is 18.1. The normalized spacial score (nSPS) is 13.1. The minimum absolute atomic E-state index is 0.645. The van der Waals surface area contributed by atoms with Gasteiger partial charge in [-0.1, -0.05) is 164 Å². The van der Waals surface area contributed by atoms with E-state index in [1.165, 1.54) is 22.3 Å². The zero-order valence-electron chi connectivity index (χ0n) is 39.4. The van der Waals surface area contributed by atoms with Crippen LogP contribution in [0.1, 0.15) is 22.3 Å². The Kier molecular flexibility index (Phi) is 9.07. The molecule has 6 heteroatoms. The Morgan fingerprint density at radius 3 is 1.44 bits per heavy atom. The van der Waals surface area contributed by atoms with Gasteiger partial charge in [-0.2, -0.15) is 0 Å². The molecule has 3 heterocycles. The first kappa shape index (κ1) is 41.0. The van der Waals surface area contributed by atoms with E-state index in [0.29, 0.717) is 23.0 Å². The summed E-state index contributed by atoms with van der Waals surface area (Å²) in [5.74, 6) is 4.28. The molecule has 0 amide bonds. The van der Waals surface area contributed by atoms with Crippen molar-refractivity contribution < 1.29 is 14.2 Å². The summed E-state index contributed by atoms with van der Waals surface area (Å²) in [7, 11) is 0. The van der Waals surface area contributed by atoms with Crippen molar-refractivity contribution in [1.82, 2.24) is 4.57 Å². The van der Waals surface area contributed by atoms with Gasteiger partial charge in [-0.3, -0.25) is 0 Å². The average Bonchev–Trinajstić information content (AvgIpc) is 4.05. The van der Waals surface area contributed by atoms with E-state index in [0.717, 1.165) is 84.2 Å². The average molecular weight is 938 g/mol. The quantitative estimate of drug-likeness (QED) is 0.159. The van der Waals surface area contributed by atoms with E-state index in [4.69, 9.17) is 14.2 Å². The highest BCUT2D eigenvalue weighted by Crippen LogP contribution is 2.64. The summed E-state index contributed by atoms with van der Waals surface area (Å²) < 4.78 is 23.0. The third kappa shape index (κ3) is 6.11. The molecule has 0 bridgehead atoms. The fraction of sp³-hybridized carbons (Fsp3) is 0.0149. The van der Waals surface area contributed by atoms with Crippen LogP contribution in [0.25, 0.3) is 38.6 Å². The molecule has 1 aromatic heterocycles. The largest absolute Gasteiger partial charge is 0.454 e. The molecule has 0 saturated heterocycles. The Labute approximate surface area is 422 Å². The molecule has 12 aromatic rings. The lowest BCUT2D eigenvalue weighted by atomic mass is 9.66. The lowest BCUT2D eigenvalue weighted by Crippen LogP contribution is -2.32. The van der Waals surface area contributed by atoms with Crippen LogP contribution < -0.4 is 24.0 Å². The van der Waals surface area contributed by atoms with E-state index < -0.39 is 5.41 Å². The highest BCUT2D eigenvalue weighted by atomic mass is 16.6. The summed E-state index contributed by atoms with van der Waals surface area (Å²) in [5, 5.41) is 2.22. The molecule has 1 aliphatic carbocycles. The monoisotopic (exact) mass is 937 g/mol. The van der Waals surface area contributed by atoms with Crippen LogP contribution in [0.15, 0.2) is 261 Å². The van der Waals surface area contributed by atoms with Crippen LogP contribution in [0, 0.1) is 0 Å². The number of benzene rings is 11. The first-order valence-corrected chi connectivity index (χ1v) is 24.7. The van der Waals surface area contributed by atoms with Gasteiger partial charge in [0.05, 0.1) is 27.8 Å². The number of nitrogens with zero attached hydrogens (tertiary/aromatic N) is 3. The molecule has 0 saturated carbocycles. The lowest BCUT2D eigenvalue weighted by molar-refractivity contribution is 0.360. The maximum atomic E-state index is 7.76. The van der Waals surface area contributed by atoms with Crippen LogP contribution >= 0.6 is 0 Å². The first-order chi connectivity index (χ1) is 36.2. The van der Waals surface area contributed by atoms with Crippen molar-refractivity contribution in [2.45, 2.75) is 5.41 Å². The van der Waals surface area contributed by atoms with E-state index in [1.54, 1.807) is 0 Å². The number of rotatable bonds is 7. The third-order valence-corrected chi connectivity index (χ3v) is 14.9. The molecule has 1 spiro atoms. The van der Waals surface area contributed by atoms with Gasteiger partial charge in [0.1, 0.15) is 5.75 Å². The second kappa shape index (κ2) is 16.1. The summed E-state index contributed by atoms with van der Waals surface area (Å²) in [4.78, 5) is 4.64. The van der Waals surface area contributed by atoms with E-state index in [9.17, 15) is 0 Å². The van der Waals surface area contributed by atoms with Crippen molar-refractivity contribution in [2.75, 3.05) is 9.80 Å². The van der Waals surface area contributed by atoms with E-state index in [1.807, 2.05) is 30.3 Å². The standard InChI is InChI=1S/C67H43N3O3/c1-5-20-44(21-6-1)68(49-37-41-61-63(43-49)72-60-35-18-17-34-59(60)71-61)48-36-39-56-62(42-48)73-66-57(67(56)54-31-15-13-28-50(54)51-29-14-16-32-55(51)67)40-38-53-52-30-19-33-58(64(52)70(65(53)66)47-26-11-4-12-27-47)69(45-22-7-2-8-23-45)46-24-9-3-10-25-46/h1-43H. The van der Waals surface area contributed by atoms with Crippen molar-refractivity contribution in [2.24, 2.45) is 0 Å². The smallest absolute Gasteiger partial charge is 0.172 e. The van der Waals surface area contributed by atoms with Gasteiger partial charge in [-0.05, 0) is 107 Å². The molecule has 11 aromatic carbocycles. The first-order valence-electron chi connectivity index (χ1n) is 24.7. The molecule has 2 aliphatic heterocycles. The van der Waals surface area contributed by atoms with Gasteiger partial charge >= 0.3 is 0 Å². The van der Waals surface area contributed by atoms with E-state index in [2.05, 4.69) is 245 Å². The van der Waals surface area contributed by atoms with Crippen molar-refractivity contribution in [3.8, 4) is 51.3 Å². The second-order valence-corrected chi connectivity index (χ2v) is 18.8. The number of fused-ring (bicyclic) bond motifs is 15. The maximum Gasteiger partial charge on any atom is 0.172 e. The van der Waals surface area contributed by atoms with Crippen LogP contribution in [0.4, 0.5) is 34.1 Å². The van der Waals surface area contributed by atoms with E-state index >= 15 is 0 Å².